The Balaban J connectivity index is 2.60. The van der Waals surface area contributed by atoms with Crippen molar-refractivity contribution in [2.75, 3.05) is 14.1 Å². The van der Waals surface area contributed by atoms with Crippen molar-refractivity contribution < 1.29 is 0 Å². The first-order valence-corrected chi connectivity index (χ1v) is 5.83. The minimum atomic E-state index is 0.544. The average molecular weight is 216 g/mol. The lowest BCUT2D eigenvalue weighted by Gasteiger charge is -2.12. The van der Waals surface area contributed by atoms with Crippen LogP contribution in [-0.4, -0.2) is 24.0 Å². The van der Waals surface area contributed by atoms with Crippen molar-refractivity contribution in [2.24, 2.45) is 0 Å². The van der Waals surface area contributed by atoms with E-state index >= 15 is 0 Å². The van der Waals surface area contributed by atoms with E-state index in [1.165, 1.54) is 22.2 Å². The smallest absolute Gasteiger partial charge is 0.0459 e. The van der Waals surface area contributed by atoms with Gasteiger partial charge in [-0.05, 0) is 31.6 Å². The molecule has 0 fully saturated rings. The van der Waals surface area contributed by atoms with Gasteiger partial charge in [-0.3, -0.25) is 0 Å². The van der Waals surface area contributed by atoms with Gasteiger partial charge in [-0.2, -0.15) is 0 Å². The van der Waals surface area contributed by atoms with Crippen LogP contribution in [0.2, 0.25) is 0 Å². The Bertz CT molecular complexity index is 480. The predicted molar refractivity (Wildman–Crippen MR) is 69.8 cm³/mol. The van der Waals surface area contributed by atoms with Crippen molar-refractivity contribution in [1.29, 1.82) is 0 Å². The fourth-order valence-corrected chi connectivity index (χ4v) is 2.20. The van der Waals surface area contributed by atoms with Crippen molar-refractivity contribution in [3.8, 4) is 0 Å². The highest BCUT2D eigenvalue weighted by atomic mass is 15.1. The number of H-pyrrole nitrogens is 1. The number of aromatic nitrogens is 1. The van der Waals surface area contributed by atoms with E-state index in [1.807, 2.05) is 0 Å². The molecule has 0 unspecified atom stereocenters. The van der Waals surface area contributed by atoms with E-state index in [9.17, 15) is 0 Å². The fourth-order valence-electron chi connectivity index (χ4n) is 2.20. The van der Waals surface area contributed by atoms with Crippen molar-refractivity contribution in [3.63, 3.8) is 0 Å². The number of rotatable bonds is 3. The first kappa shape index (κ1) is 11.2. The summed E-state index contributed by atoms with van der Waals surface area (Å²) in [5.74, 6) is 0.544. The maximum atomic E-state index is 3.54. The van der Waals surface area contributed by atoms with E-state index < -0.39 is 0 Å². The highest BCUT2D eigenvalue weighted by Gasteiger charge is 2.13. The monoisotopic (exact) mass is 216 g/mol. The minimum Gasteiger partial charge on any atom is -0.358 e. The van der Waals surface area contributed by atoms with E-state index in [0.29, 0.717) is 5.92 Å². The first-order chi connectivity index (χ1) is 7.59. The molecule has 0 bridgehead atoms. The van der Waals surface area contributed by atoms with Gasteiger partial charge >= 0.3 is 0 Å². The Kier molecular flexibility index (Phi) is 3.01. The van der Waals surface area contributed by atoms with Crippen LogP contribution in [-0.2, 0) is 6.54 Å². The highest BCUT2D eigenvalue weighted by molar-refractivity contribution is 5.84. The molecular weight excluding hydrogens is 196 g/mol. The zero-order chi connectivity index (χ0) is 11.7. The van der Waals surface area contributed by atoms with Gasteiger partial charge in [-0.15, -0.1) is 0 Å². The van der Waals surface area contributed by atoms with Crippen molar-refractivity contribution >= 4 is 10.9 Å². The van der Waals surface area contributed by atoms with Crippen LogP contribution < -0.4 is 0 Å². The Labute approximate surface area is 97.3 Å². The Hall–Kier alpha value is -1.28. The molecular formula is C14H20N2. The molecule has 2 rings (SSSR count). The molecule has 1 heterocycles. The fraction of sp³-hybridized carbons (Fsp3) is 0.429. The van der Waals surface area contributed by atoms with Gasteiger partial charge in [0, 0.05) is 23.1 Å². The zero-order valence-electron chi connectivity index (χ0n) is 10.5. The normalized spacial score (nSPS) is 11.9. The molecule has 2 aromatic rings. The molecule has 0 radical (unpaired) electrons. The van der Waals surface area contributed by atoms with Crippen LogP contribution in [0.3, 0.4) is 0 Å². The summed E-state index contributed by atoms with van der Waals surface area (Å²) in [6.45, 7) is 5.48. The molecule has 0 aliphatic heterocycles. The molecule has 0 aliphatic carbocycles. The zero-order valence-corrected chi connectivity index (χ0v) is 10.5. The second kappa shape index (κ2) is 4.30. The topological polar surface area (TPSA) is 19.0 Å². The molecule has 2 heteroatoms. The van der Waals surface area contributed by atoms with Gasteiger partial charge in [0.1, 0.15) is 0 Å². The second-order valence-corrected chi connectivity index (χ2v) is 4.96. The molecule has 16 heavy (non-hydrogen) atoms. The Morgan fingerprint density at radius 2 is 1.88 bits per heavy atom. The van der Waals surface area contributed by atoms with Crippen LogP contribution in [0.4, 0.5) is 0 Å². The summed E-state index contributed by atoms with van der Waals surface area (Å²) in [4.78, 5) is 5.77. The van der Waals surface area contributed by atoms with Gasteiger partial charge in [0.2, 0.25) is 0 Å². The standard InChI is InChI=1S/C14H20N2/c1-10(2)14-12(9-16(3)4)11-7-5-6-8-13(11)15-14/h5-8,10,15H,9H2,1-4H3. The maximum Gasteiger partial charge on any atom is 0.0459 e. The van der Waals surface area contributed by atoms with E-state index in [-0.39, 0.29) is 0 Å². The summed E-state index contributed by atoms with van der Waals surface area (Å²) < 4.78 is 0. The molecule has 0 saturated carbocycles. The lowest BCUT2D eigenvalue weighted by atomic mass is 10.0. The maximum absolute atomic E-state index is 3.54. The number of nitrogens with one attached hydrogen (secondary N) is 1. The van der Waals surface area contributed by atoms with Crippen molar-refractivity contribution in [3.05, 3.63) is 35.5 Å². The lowest BCUT2D eigenvalue weighted by Crippen LogP contribution is -2.12. The van der Waals surface area contributed by atoms with Crippen molar-refractivity contribution in [1.82, 2.24) is 9.88 Å². The molecule has 2 nitrogen and oxygen atoms in total. The van der Waals surface area contributed by atoms with Crippen LogP contribution in [0.1, 0.15) is 31.0 Å². The summed E-state index contributed by atoms with van der Waals surface area (Å²) in [7, 11) is 4.23. The number of para-hydroxylation sites is 1. The van der Waals surface area contributed by atoms with Crippen LogP contribution in [0.25, 0.3) is 10.9 Å². The molecule has 0 atom stereocenters. The van der Waals surface area contributed by atoms with Gasteiger partial charge in [0.15, 0.2) is 0 Å². The third-order valence-electron chi connectivity index (χ3n) is 2.90. The van der Waals surface area contributed by atoms with Gasteiger partial charge in [-0.1, -0.05) is 32.0 Å². The number of fused-ring (bicyclic) bond motifs is 1. The second-order valence-electron chi connectivity index (χ2n) is 4.96. The van der Waals surface area contributed by atoms with Gasteiger partial charge in [-0.25, -0.2) is 0 Å². The number of hydrogen-bond acceptors (Lipinski definition) is 1. The average Bonchev–Trinajstić information content (AvgIpc) is 2.57. The van der Waals surface area contributed by atoms with Gasteiger partial charge < -0.3 is 9.88 Å². The molecule has 0 spiro atoms. The summed E-state index contributed by atoms with van der Waals surface area (Å²) >= 11 is 0. The minimum absolute atomic E-state index is 0.544. The van der Waals surface area contributed by atoms with Gasteiger partial charge in [0.05, 0.1) is 0 Å². The number of aromatic amines is 1. The molecule has 86 valence electrons. The third kappa shape index (κ3) is 1.98. The molecule has 1 aromatic heterocycles. The van der Waals surface area contributed by atoms with Crippen LogP contribution in [0.5, 0.6) is 0 Å². The van der Waals surface area contributed by atoms with Crippen molar-refractivity contribution in [2.45, 2.75) is 26.3 Å². The Morgan fingerprint density at radius 1 is 1.19 bits per heavy atom. The number of hydrogen-bond donors (Lipinski definition) is 1. The van der Waals surface area contributed by atoms with Crippen LogP contribution in [0.15, 0.2) is 24.3 Å². The van der Waals surface area contributed by atoms with E-state index in [4.69, 9.17) is 0 Å². The summed E-state index contributed by atoms with van der Waals surface area (Å²) in [5.41, 5.74) is 4.06. The van der Waals surface area contributed by atoms with Gasteiger partial charge in [0.25, 0.3) is 0 Å². The molecule has 0 aliphatic rings. The summed E-state index contributed by atoms with van der Waals surface area (Å²) in [6.07, 6.45) is 0. The first-order valence-electron chi connectivity index (χ1n) is 5.83. The van der Waals surface area contributed by atoms with Crippen LogP contribution in [0, 0.1) is 0 Å². The Morgan fingerprint density at radius 3 is 2.50 bits per heavy atom. The molecule has 0 amide bonds. The summed E-state index contributed by atoms with van der Waals surface area (Å²) in [6, 6.07) is 8.55. The quantitative estimate of drug-likeness (QED) is 0.833. The van der Waals surface area contributed by atoms with E-state index in [1.54, 1.807) is 0 Å². The van der Waals surface area contributed by atoms with E-state index in [2.05, 4.69) is 62.1 Å². The lowest BCUT2D eigenvalue weighted by molar-refractivity contribution is 0.401. The highest BCUT2D eigenvalue weighted by Crippen LogP contribution is 2.28. The number of benzene rings is 1. The SMILES string of the molecule is CC(C)c1[nH]c2ccccc2c1CN(C)C. The van der Waals surface area contributed by atoms with E-state index in [0.717, 1.165) is 6.54 Å². The largest absolute Gasteiger partial charge is 0.358 e. The third-order valence-corrected chi connectivity index (χ3v) is 2.90. The van der Waals surface area contributed by atoms with Crippen LogP contribution >= 0.6 is 0 Å². The number of nitrogens with zero attached hydrogens (tertiary/aromatic N) is 1. The molecule has 1 aromatic carbocycles. The predicted octanol–water partition coefficient (Wildman–Crippen LogP) is 3.35. The molecule has 0 saturated heterocycles. The summed E-state index contributed by atoms with van der Waals surface area (Å²) in [5, 5.41) is 1.36. The molecule has 1 N–H and O–H groups in total.